The summed E-state index contributed by atoms with van der Waals surface area (Å²) in [5.74, 6) is 0.435. The maximum Gasteiger partial charge on any atom is 0.227 e. The molecule has 1 aromatic heterocycles. The fourth-order valence-corrected chi connectivity index (χ4v) is 5.06. The van der Waals surface area contributed by atoms with Crippen molar-refractivity contribution in [1.29, 1.82) is 0 Å². The molecule has 0 N–H and O–H groups in total. The van der Waals surface area contributed by atoms with Crippen LogP contribution in [0, 0.1) is 5.92 Å². The van der Waals surface area contributed by atoms with Crippen LogP contribution in [0.2, 0.25) is 0 Å². The van der Waals surface area contributed by atoms with Crippen LogP contribution in [0.3, 0.4) is 0 Å². The summed E-state index contributed by atoms with van der Waals surface area (Å²) < 4.78 is 23.4. The summed E-state index contributed by atoms with van der Waals surface area (Å²) in [4.78, 5) is 18.7. The molecule has 114 valence electrons. The molecule has 1 saturated heterocycles. The van der Waals surface area contributed by atoms with Gasteiger partial charge in [0.25, 0.3) is 0 Å². The molecule has 3 heterocycles. The molecule has 1 amide bonds. The Morgan fingerprint density at radius 1 is 1.38 bits per heavy atom. The van der Waals surface area contributed by atoms with Crippen LogP contribution in [0.5, 0.6) is 0 Å². The molecule has 2 aliphatic rings. The predicted octanol–water partition coefficient (Wildman–Crippen LogP) is 1.58. The van der Waals surface area contributed by atoms with E-state index in [1.54, 1.807) is 11.1 Å². The maximum atomic E-state index is 12.5. The zero-order valence-corrected chi connectivity index (χ0v) is 12.8. The van der Waals surface area contributed by atoms with Gasteiger partial charge in [0.15, 0.2) is 9.84 Å². The van der Waals surface area contributed by atoms with Crippen molar-refractivity contribution >= 4 is 21.4 Å². The van der Waals surface area contributed by atoms with E-state index in [4.69, 9.17) is 0 Å². The van der Waals surface area contributed by atoms with Gasteiger partial charge in [0.1, 0.15) is 0 Å². The molecule has 0 aromatic carbocycles. The number of hydrogen-bond acceptors (Lipinski definition) is 4. The van der Waals surface area contributed by atoms with E-state index in [1.807, 2.05) is 12.1 Å². The van der Waals surface area contributed by atoms with Crippen LogP contribution in [-0.4, -0.2) is 37.4 Å². The second-order valence-corrected chi connectivity index (χ2v) is 8.17. The summed E-state index contributed by atoms with van der Waals surface area (Å²) in [5.41, 5.74) is 1.86. The summed E-state index contributed by atoms with van der Waals surface area (Å²) in [5, 5.41) is 0. The number of aryl methyl sites for hydroxylation is 1. The average Bonchev–Trinajstić information content (AvgIpc) is 2.45. The highest BCUT2D eigenvalue weighted by Crippen LogP contribution is 2.28. The van der Waals surface area contributed by atoms with Gasteiger partial charge in [-0.15, -0.1) is 0 Å². The zero-order chi connectivity index (χ0) is 14.9. The number of fused-ring (bicyclic) bond motifs is 1. The van der Waals surface area contributed by atoms with E-state index in [9.17, 15) is 13.2 Å². The van der Waals surface area contributed by atoms with Gasteiger partial charge in [-0.25, -0.2) is 8.42 Å². The minimum absolute atomic E-state index is 0.0294. The lowest BCUT2D eigenvalue weighted by atomic mass is 9.99. The maximum absolute atomic E-state index is 12.5. The van der Waals surface area contributed by atoms with E-state index in [0.29, 0.717) is 19.4 Å². The molecule has 21 heavy (non-hydrogen) atoms. The molecule has 6 heteroatoms. The summed E-state index contributed by atoms with van der Waals surface area (Å²) >= 11 is 0. The van der Waals surface area contributed by atoms with Gasteiger partial charge in [0.05, 0.1) is 22.9 Å². The van der Waals surface area contributed by atoms with Crippen LogP contribution in [-0.2, 0) is 21.1 Å². The first kappa shape index (κ1) is 14.5. The Bertz CT molecular complexity index is 642. The SMILES string of the molecule is O=C(CC1CCCS(=O)(=O)C1)N1CCCc2ncccc21. The predicted molar refractivity (Wildman–Crippen MR) is 80.9 cm³/mol. The molecule has 0 bridgehead atoms. The second-order valence-electron chi connectivity index (χ2n) is 5.94. The Morgan fingerprint density at radius 2 is 2.24 bits per heavy atom. The largest absolute Gasteiger partial charge is 0.311 e. The molecule has 1 aromatic rings. The number of pyridine rings is 1. The monoisotopic (exact) mass is 308 g/mol. The molecular formula is C15H20N2O3S. The van der Waals surface area contributed by atoms with E-state index < -0.39 is 9.84 Å². The van der Waals surface area contributed by atoms with Crippen LogP contribution in [0.1, 0.15) is 31.4 Å². The summed E-state index contributed by atoms with van der Waals surface area (Å²) in [6.45, 7) is 0.705. The van der Waals surface area contributed by atoms with Gasteiger partial charge in [0, 0.05) is 19.2 Å². The van der Waals surface area contributed by atoms with Crippen LogP contribution >= 0.6 is 0 Å². The molecule has 0 aliphatic carbocycles. The van der Waals surface area contributed by atoms with Crippen molar-refractivity contribution in [2.24, 2.45) is 5.92 Å². The van der Waals surface area contributed by atoms with Crippen molar-refractivity contribution < 1.29 is 13.2 Å². The minimum atomic E-state index is -2.95. The molecule has 0 radical (unpaired) electrons. The molecule has 3 rings (SSSR count). The first-order valence-electron chi connectivity index (χ1n) is 7.50. The number of sulfone groups is 1. The van der Waals surface area contributed by atoms with E-state index in [1.165, 1.54) is 0 Å². The average molecular weight is 308 g/mol. The Labute approximate surface area is 125 Å². The molecule has 1 unspecified atom stereocenters. The fourth-order valence-electron chi connectivity index (χ4n) is 3.29. The van der Waals surface area contributed by atoms with Crippen LogP contribution in [0.4, 0.5) is 5.69 Å². The van der Waals surface area contributed by atoms with Gasteiger partial charge in [-0.3, -0.25) is 9.78 Å². The number of nitrogens with zero attached hydrogens (tertiary/aromatic N) is 2. The van der Waals surface area contributed by atoms with E-state index in [0.717, 1.165) is 30.6 Å². The highest BCUT2D eigenvalue weighted by Gasteiger charge is 2.30. The van der Waals surface area contributed by atoms with Crippen molar-refractivity contribution in [1.82, 2.24) is 4.98 Å². The number of rotatable bonds is 2. The van der Waals surface area contributed by atoms with Gasteiger partial charge < -0.3 is 4.90 Å². The number of carbonyl (C=O) groups excluding carboxylic acids is 1. The summed E-state index contributed by atoms with van der Waals surface area (Å²) in [6.07, 6.45) is 5.40. The van der Waals surface area contributed by atoms with E-state index in [2.05, 4.69) is 4.98 Å². The smallest absolute Gasteiger partial charge is 0.227 e. The van der Waals surface area contributed by atoms with Crippen LogP contribution in [0.25, 0.3) is 0 Å². The van der Waals surface area contributed by atoms with Gasteiger partial charge in [-0.05, 0) is 43.7 Å². The quantitative estimate of drug-likeness (QED) is 0.832. The normalized spacial score (nSPS) is 24.4. The lowest BCUT2D eigenvalue weighted by Crippen LogP contribution is -2.38. The van der Waals surface area contributed by atoms with E-state index >= 15 is 0 Å². The van der Waals surface area contributed by atoms with Crippen molar-refractivity contribution in [3.8, 4) is 0 Å². The molecule has 2 aliphatic heterocycles. The minimum Gasteiger partial charge on any atom is -0.311 e. The van der Waals surface area contributed by atoms with Gasteiger partial charge in [-0.2, -0.15) is 0 Å². The van der Waals surface area contributed by atoms with Crippen molar-refractivity contribution in [3.63, 3.8) is 0 Å². The van der Waals surface area contributed by atoms with Crippen LogP contribution < -0.4 is 4.90 Å². The van der Waals surface area contributed by atoms with Gasteiger partial charge >= 0.3 is 0 Å². The number of anilines is 1. The molecule has 5 nitrogen and oxygen atoms in total. The van der Waals surface area contributed by atoms with Crippen LogP contribution in [0.15, 0.2) is 18.3 Å². The Kier molecular flexibility index (Phi) is 3.97. The third-order valence-electron chi connectivity index (χ3n) is 4.27. The highest BCUT2D eigenvalue weighted by molar-refractivity contribution is 7.91. The second kappa shape index (κ2) is 5.75. The molecule has 0 spiro atoms. The van der Waals surface area contributed by atoms with Crippen molar-refractivity contribution in [2.75, 3.05) is 23.0 Å². The third kappa shape index (κ3) is 3.26. The molecular weight excluding hydrogens is 288 g/mol. The van der Waals surface area contributed by atoms with Gasteiger partial charge in [-0.1, -0.05) is 0 Å². The van der Waals surface area contributed by atoms with Crippen molar-refractivity contribution in [2.45, 2.75) is 32.1 Å². The molecule has 1 atom stereocenters. The Hall–Kier alpha value is -1.43. The summed E-state index contributed by atoms with van der Waals surface area (Å²) in [6, 6.07) is 3.77. The third-order valence-corrected chi connectivity index (χ3v) is 6.16. The molecule has 1 fully saturated rings. The zero-order valence-electron chi connectivity index (χ0n) is 12.0. The number of hydrogen-bond donors (Lipinski definition) is 0. The number of amides is 1. The molecule has 0 saturated carbocycles. The first-order chi connectivity index (χ1) is 10.1. The lowest BCUT2D eigenvalue weighted by molar-refractivity contribution is -0.119. The number of carbonyl (C=O) groups is 1. The highest BCUT2D eigenvalue weighted by atomic mass is 32.2. The summed E-state index contributed by atoms with van der Waals surface area (Å²) in [7, 11) is -2.95. The lowest BCUT2D eigenvalue weighted by Gasteiger charge is -2.30. The number of aromatic nitrogens is 1. The Morgan fingerprint density at radius 3 is 3.05 bits per heavy atom. The first-order valence-corrected chi connectivity index (χ1v) is 9.32. The van der Waals surface area contributed by atoms with Gasteiger partial charge in [0.2, 0.25) is 5.91 Å². The van der Waals surface area contributed by atoms with E-state index in [-0.39, 0.29) is 23.3 Å². The van der Waals surface area contributed by atoms with Crippen molar-refractivity contribution in [3.05, 3.63) is 24.0 Å². The standard InChI is InChI=1S/C15H20N2O3S/c18-15(10-12-4-3-9-21(19,20)11-12)17-8-2-5-13-14(17)6-1-7-16-13/h1,6-7,12H,2-5,8-11H2. The Balaban J connectivity index is 1.72. The fraction of sp³-hybridized carbons (Fsp3) is 0.600. The topological polar surface area (TPSA) is 67.3 Å².